The largest absolute Gasteiger partial charge is 0.456 e. The molecule has 37 heavy (non-hydrogen) atoms. The highest BCUT2D eigenvalue weighted by Crippen LogP contribution is 2.70. The molecule has 0 aliphatic heterocycles. The van der Waals surface area contributed by atoms with Crippen molar-refractivity contribution in [2.45, 2.75) is 75.5 Å². The standard InChI is InChI=1S/C28H29F5O4/c1-25-13-21(15-2-4-16(5-3-15)23(36)14-34)24-19-9-7-18(35)12-17(19)6-8-20(24)22(25)10-11-26(25,37)27(29,30)28(31,32)33/h2-6,20-22,34,37H,7-14H2,1H3/t20-,21+,22-,25-,26-/m0/s1. The fourth-order valence-corrected chi connectivity index (χ4v) is 7.64. The van der Waals surface area contributed by atoms with Gasteiger partial charge in [0.05, 0.1) is 0 Å². The molecule has 5 atom stereocenters. The van der Waals surface area contributed by atoms with E-state index >= 15 is 0 Å². The first-order valence-corrected chi connectivity index (χ1v) is 12.6. The first-order chi connectivity index (χ1) is 17.2. The lowest BCUT2D eigenvalue weighted by Crippen LogP contribution is -2.65. The maximum atomic E-state index is 15.0. The quantitative estimate of drug-likeness (QED) is 0.392. The molecule has 0 amide bonds. The highest BCUT2D eigenvalue weighted by Gasteiger charge is 2.79. The molecule has 4 nitrogen and oxygen atoms in total. The molecule has 3 saturated carbocycles. The second-order valence-electron chi connectivity index (χ2n) is 11.2. The Bertz CT molecular complexity index is 1200. The summed E-state index contributed by atoms with van der Waals surface area (Å²) in [4.78, 5) is 24.1. The molecule has 2 N–H and O–H groups in total. The van der Waals surface area contributed by atoms with E-state index in [9.17, 15) is 36.6 Å². The summed E-state index contributed by atoms with van der Waals surface area (Å²) in [7, 11) is 0. The number of alkyl halides is 5. The zero-order valence-corrected chi connectivity index (χ0v) is 20.4. The lowest BCUT2D eigenvalue weighted by molar-refractivity contribution is -0.362. The van der Waals surface area contributed by atoms with Crippen molar-refractivity contribution in [1.82, 2.24) is 0 Å². The Labute approximate surface area is 211 Å². The van der Waals surface area contributed by atoms with Crippen LogP contribution in [0.3, 0.4) is 0 Å². The molecule has 1 aromatic rings. The average molecular weight is 525 g/mol. The number of aliphatic hydroxyl groups excluding tert-OH is 1. The van der Waals surface area contributed by atoms with Crippen LogP contribution in [-0.2, 0) is 4.79 Å². The predicted molar refractivity (Wildman–Crippen MR) is 124 cm³/mol. The third kappa shape index (κ3) is 3.67. The van der Waals surface area contributed by atoms with Crippen molar-refractivity contribution >= 4 is 11.6 Å². The average Bonchev–Trinajstić information content (AvgIpc) is 3.13. The molecule has 200 valence electrons. The minimum atomic E-state index is -5.90. The molecule has 0 unspecified atom stereocenters. The van der Waals surface area contributed by atoms with Crippen molar-refractivity contribution < 1.29 is 41.8 Å². The van der Waals surface area contributed by atoms with E-state index in [0.29, 0.717) is 24.8 Å². The van der Waals surface area contributed by atoms with Crippen LogP contribution in [0.2, 0.25) is 0 Å². The topological polar surface area (TPSA) is 74.6 Å². The summed E-state index contributed by atoms with van der Waals surface area (Å²) in [5, 5.41) is 20.4. The van der Waals surface area contributed by atoms with E-state index in [1.54, 1.807) is 12.1 Å². The molecule has 0 bridgehead atoms. The number of ketones is 2. The third-order valence-corrected chi connectivity index (χ3v) is 9.52. The van der Waals surface area contributed by atoms with E-state index in [4.69, 9.17) is 5.11 Å². The van der Waals surface area contributed by atoms with Crippen LogP contribution in [0.15, 0.2) is 47.1 Å². The van der Waals surface area contributed by atoms with Crippen LogP contribution in [0.1, 0.15) is 73.7 Å². The van der Waals surface area contributed by atoms with Gasteiger partial charge in [-0.05, 0) is 60.6 Å². The Morgan fingerprint density at radius 1 is 1.11 bits per heavy atom. The summed E-state index contributed by atoms with van der Waals surface area (Å²) in [5.74, 6) is -7.17. The van der Waals surface area contributed by atoms with Gasteiger partial charge in [-0.25, -0.2) is 0 Å². The monoisotopic (exact) mass is 524 g/mol. The van der Waals surface area contributed by atoms with Crippen LogP contribution in [0.25, 0.3) is 0 Å². The Balaban J connectivity index is 1.66. The van der Waals surface area contributed by atoms with E-state index in [-0.39, 0.29) is 36.5 Å². The Morgan fingerprint density at radius 2 is 1.78 bits per heavy atom. The number of carbonyl (C=O) groups excluding carboxylic acids is 2. The number of halogens is 5. The van der Waals surface area contributed by atoms with Crippen molar-refractivity contribution in [2.75, 3.05) is 6.61 Å². The van der Waals surface area contributed by atoms with Gasteiger partial charge in [0.2, 0.25) is 0 Å². The summed E-state index contributed by atoms with van der Waals surface area (Å²) in [5.41, 5.74) is -1.25. The zero-order valence-electron chi connectivity index (χ0n) is 20.4. The molecule has 0 radical (unpaired) electrons. The van der Waals surface area contributed by atoms with Gasteiger partial charge in [0, 0.05) is 29.7 Å². The second kappa shape index (κ2) is 8.56. The van der Waals surface area contributed by atoms with Gasteiger partial charge in [-0.1, -0.05) is 42.8 Å². The molecule has 4 aliphatic rings. The number of allylic oxidation sites excluding steroid dienone is 4. The summed E-state index contributed by atoms with van der Waals surface area (Å²) in [6.45, 7) is 0.688. The first-order valence-electron chi connectivity index (χ1n) is 12.6. The fraction of sp³-hybridized carbons (Fsp3) is 0.571. The predicted octanol–water partition coefficient (Wildman–Crippen LogP) is 5.69. The minimum absolute atomic E-state index is 0.0406. The van der Waals surface area contributed by atoms with Gasteiger partial charge in [0.15, 0.2) is 5.78 Å². The molecule has 0 heterocycles. The van der Waals surface area contributed by atoms with Crippen LogP contribution < -0.4 is 0 Å². The maximum Gasteiger partial charge on any atom is 0.456 e. The van der Waals surface area contributed by atoms with Gasteiger partial charge in [0.1, 0.15) is 18.0 Å². The zero-order chi connectivity index (χ0) is 27.0. The van der Waals surface area contributed by atoms with Crippen LogP contribution >= 0.6 is 0 Å². The smallest absolute Gasteiger partial charge is 0.388 e. The minimum Gasteiger partial charge on any atom is -0.388 e. The summed E-state index contributed by atoms with van der Waals surface area (Å²) in [6, 6.07) is 6.31. The SMILES string of the molecule is C[C@]12C[C@H](c3ccc(C(=O)CO)cc3)C3=C4CCC(=O)CC4=CC[C@H]3[C@@H]1CC[C@@]2(O)C(F)(F)C(F)(F)F. The number of rotatable bonds is 4. The van der Waals surface area contributed by atoms with Crippen molar-refractivity contribution in [3.8, 4) is 0 Å². The van der Waals surface area contributed by atoms with Gasteiger partial charge >= 0.3 is 12.1 Å². The molecule has 3 fully saturated rings. The van der Waals surface area contributed by atoms with Gasteiger partial charge in [-0.3, -0.25) is 9.59 Å². The third-order valence-electron chi connectivity index (χ3n) is 9.52. The number of benzene rings is 1. The van der Waals surface area contributed by atoms with Crippen molar-refractivity contribution in [1.29, 1.82) is 0 Å². The molecular formula is C28H29F5O4. The molecule has 4 aliphatic carbocycles. The highest BCUT2D eigenvalue weighted by molar-refractivity contribution is 5.96. The lowest BCUT2D eigenvalue weighted by atomic mass is 9.51. The number of fused-ring (bicyclic) bond motifs is 4. The second-order valence-corrected chi connectivity index (χ2v) is 11.2. The fourth-order valence-electron chi connectivity index (χ4n) is 7.64. The van der Waals surface area contributed by atoms with Crippen LogP contribution in [0.4, 0.5) is 22.0 Å². The molecule has 5 rings (SSSR count). The number of hydrogen-bond donors (Lipinski definition) is 2. The van der Waals surface area contributed by atoms with Gasteiger partial charge < -0.3 is 10.2 Å². The summed E-state index contributed by atoms with van der Waals surface area (Å²) < 4.78 is 70.8. The normalized spacial score (nSPS) is 34.0. The van der Waals surface area contributed by atoms with Crippen molar-refractivity contribution in [3.63, 3.8) is 0 Å². The molecule has 1 aromatic carbocycles. The van der Waals surface area contributed by atoms with Crippen molar-refractivity contribution in [3.05, 3.63) is 58.2 Å². The van der Waals surface area contributed by atoms with E-state index in [2.05, 4.69) is 0 Å². The molecule has 9 heteroatoms. The molecular weight excluding hydrogens is 495 g/mol. The summed E-state index contributed by atoms with van der Waals surface area (Å²) in [6.07, 6.45) is -3.20. The number of carbonyl (C=O) groups is 2. The van der Waals surface area contributed by atoms with Crippen LogP contribution in [0.5, 0.6) is 0 Å². The Hall–Kier alpha value is -2.39. The van der Waals surface area contributed by atoms with Crippen molar-refractivity contribution in [2.24, 2.45) is 17.3 Å². The molecule has 0 aromatic heterocycles. The van der Waals surface area contributed by atoms with E-state index < -0.39 is 53.8 Å². The summed E-state index contributed by atoms with van der Waals surface area (Å²) >= 11 is 0. The van der Waals surface area contributed by atoms with E-state index in [0.717, 1.165) is 16.7 Å². The maximum absolute atomic E-state index is 15.0. The van der Waals surface area contributed by atoms with E-state index in [1.165, 1.54) is 19.1 Å². The van der Waals surface area contributed by atoms with Crippen LogP contribution in [-0.4, -0.2) is 46.1 Å². The Morgan fingerprint density at radius 3 is 2.41 bits per heavy atom. The highest BCUT2D eigenvalue weighted by atomic mass is 19.4. The number of Topliss-reactive ketones (excluding diaryl/α,β-unsaturated/α-hetero) is 2. The first kappa shape index (κ1) is 26.2. The van der Waals surface area contributed by atoms with Crippen LogP contribution in [0, 0.1) is 17.3 Å². The number of aliphatic hydroxyl groups is 2. The molecule has 0 saturated heterocycles. The van der Waals surface area contributed by atoms with Gasteiger partial charge in [0.25, 0.3) is 0 Å². The molecule has 0 spiro atoms. The lowest BCUT2D eigenvalue weighted by Gasteiger charge is -2.55. The Kier molecular flexibility index (Phi) is 6.07. The number of hydrogen-bond acceptors (Lipinski definition) is 4. The van der Waals surface area contributed by atoms with Gasteiger partial charge in [-0.2, -0.15) is 22.0 Å². The van der Waals surface area contributed by atoms with Gasteiger partial charge in [-0.15, -0.1) is 0 Å². The van der Waals surface area contributed by atoms with E-state index in [1.807, 2.05) is 6.08 Å².